The average molecular weight is 341 g/mol. The van der Waals surface area contributed by atoms with E-state index in [1.54, 1.807) is 26.0 Å². The number of carbonyl (C=O) groups excluding carboxylic acids is 1. The molecule has 2 atom stereocenters. The van der Waals surface area contributed by atoms with Gasteiger partial charge in [0.1, 0.15) is 6.10 Å². The van der Waals surface area contributed by atoms with Crippen molar-refractivity contribution in [2.45, 2.75) is 50.7 Å². The second-order valence-electron chi connectivity index (χ2n) is 5.85. The third kappa shape index (κ3) is 4.76. The number of nitrogens with one attached hydrogen (secondary N) is 1. The molecule has 0 spiro atoms. The van der Waals surface area contributed by atoms with Gasteiger partial charge in [-0.15, -0.1) is 0 Å². The molecule has 1 aliphatic heterocycles. The lowest BCUT2D eigenvalue weighted by Gasteiger charge is -2.16. The summed E-state index contributed by atoms with van der Waals surface area (Å²) in [5.74, 6) is -0.677. The first-order valence-corrected chi connectivity index (χ1v) is 9.15. The van der Waals surface area contributed by atoms with Gasteiger partial charge in [-0.2, -0.15) is 0 Å². The molecular weight excluding hydrogens is 318 g/mol. The van der Waals surface area contributed by atoms with Crippen molar-refractivity contribution in [3.05, 3.63) is 29.3 Å². The SMILES string of the molecule is Cc1ccc(C)c(S(=O)(=O)NC(=O)[C@@H](C)OC[C@@H]2CCCO2)c1. The number of amides is 1. The van der Waals surface area contributed by atoms with Crippen molar-refractivity contribution in [3.63, 3.8) is 0 Å². The summed E-state index contributed by atoms with van der Waals surface area (Å²) in [6.07, 6.45) is 1.00. The third-order valence-corrected chi connectivity index (χ3v) is 5.28. The maximum atomic E-state index is 12.4. The maximum absolute atomic E-state index is 12.4. The lowest BCUT2D eigenvalue weighted by atomic mass is 10.2. The van der Waals surface area contributed by atoms with Crippen molar-refractivity contribution in [3.8, 4) is 0 Å². The monoisotopic (exact) mass is 341 g/mol. The van der Waals surface area contributed by atoms with Gasteiger partial charge in [0.2, 0.25) is 0 Å². The standard InChI is InChI=1S/C16H23NO5S/c1-11-6-7-12(2)15(9-11)23(19,20)17-16(18)13(3)22-10-14-5-4-8-21-14/h6-7,9,13-14H,4-5,8,10H2,1-3H3,(H,17,18)/t13-,14+/m1/s1. The van der Waals surface area contributed by atoms with Crippen LogP contribution in [0.5, 0.6) is 0 Å². The molecule has 1 aromatic carbocycles. The van der Waals surface area contributed by atoms with Crippen LogP contribution in [0.2, 0.25) is 0 Å². The fourth-order valence-electron chi connectivity index (χ4n) is 2.37. The van der Waals surface area contributed by atoms with Gasteiger partial charge in [0.05, 0.1) is 17.6 Å². The summed E-state index contributed by atoms with van der Waals surface area (Å²) in [5, 5.41) is 0. The first-order chi connectivity index (χ1) is 10.8. The largest absolute Gasteiger partial charge is 0.376 e. The fraction of sp³-hybridized carbons (Fsp3) is 0.562. The molecule has 0 radical (unpaired) electrons. The van der Waals surface area contributed by atoms with E-state index in [0.29, 0.717) is 12.2 Å². The van der Waals surface area contributed by atoms with E-state index in [1.807, 2.05) is 6.07 Å². The highest BCUT2D eigenvalue weighted by Crippen LogP contribution is 2.17. The third-order valence-electron chi connectivity index (χ3n) is 3.79. The zero-order chi connectivity index (χ0) is 17.0. The van der Waals surface area contributed by atoms with Crippen LogP contribution in [-0.2, 0) is 24.3 Å². The molecule has 1 aromatic rings. The van der Waals surface area contributed by atoms with E-state index in [-0.39, 0.29) is 17.6 Å². The molecule has 0 bridgehead atoms. The normalized spacial score (nSPS) is 19.5. The smallest absolute Gasteiger partial charge is 0.264 e. The predicted octanol–water partition coefficient (Wildman–Crippen LogP) is 1.69. The molecule has 7 heteroatoms. The molecule has 1 aliphatic rings. The lowest BCUT2D eigenvalue weighted by molar-refractivity contribution is -0.131. The molecule has 1 amide bonds. The number of hydrogen-bond donors (Lipinski definition) is 1. The van der Waals surface area contributed by atoms with E-state index < -0.39 is 22.0 Å². The van der Waals surface area contributed by atoms with Crippen molar-refractivity contribution in [2.24, 2.45) is 0 Å². The molecule has 1 heterocycles. The van der Waals surface area contributed by atoms with E-state index in [0.717, 1.165) is 18.4 Å². The average Bonchev–Trinajstić information content (AvgIpc) is 3.00. The van der Waals surface area contributed by atoms with E-state index in [4.69, 9.17) is 9.47 Å². The first kappa shape index (κ1) is 17.9. The highest BCUT2D eigenvalue weighted by atomic mass is 32.2. The molecule has 128 valence electrons. The van der Waals surface area contributed by atoms with Gasteiger partial charge in [0.25, 0.3) is 15.9 Å². The van der Waals surface area contributed by atoms with Crippen LogP contribution in [0.4, 0.5) is 0 Å². The Bertz CT molecular complexity index is 665. The number of benzene rings is 1. The van der Waals surface area contributed by atoms with Crippen LogP contribution < -0.4 is 4.72 Å². The quantitative estimate of drug-likeness (QED) is 0.851. The van der Waals surface area contributed by atoms with Crippen LogP contribution in [0.3, 0.4) is 0 Å². The predicted molar refractivity (Wildman–Crippen MR) is 85.6 cm³/mol. The van der Waals surface area contributed by atoms with Gasteiger partial charge in [0.15, 0.2) is 0 Å². The van der Waals surface area contributed by atoms with Gasteiger partial charge in [-0.3, -0.25) is 4.79 Å². The van der Waals surface area contributed by atoms with E-state index >= 15 is 0 Å². The van der Waals surface area contributed by atoms with Crippen LogP contribution in [-0.4, -0.2) is 39.7 Å². The molecule has 1 N–H and O–H groups in total. The Hall–Kier alpha value is -1.44. The zero-order valence-corrected chi connectivity index (χ0v) is 14.5. The summed E-state index contributed by atoms with van der Waals surface area (Å²) < 4.78 is 37.6. The number of hydrogen-bond acceptors (Lipinski definition) is 5. The van der Waals surface area contributed by atoms with Crippen LogP contribution in [0.15, 0.2) is 23.1 Å². The van der Waals surface area contributed by atoms with Crippen LogP contribution in [0.25, 0.3) is 0 Å². The van der Waals surface area contributed by atoms with Crippen LogP contribution >= 0.6 is 0 Å². The molecule has 0 aromatic heterocycles. The number of sulfonamides is 1. The lowest BCUT2D eigenvalue weighted by Crippen LogP contribution is -2.39. The van der Waals surface area contributed by atoms with Gasteiger partial charge < -0.3 is 9.47 Å². The van der Waals surface area contributed by atoms with E-state index in [9.17, 15) is 13.2 Å². The fourth-order valence-corrected chi connectivity index (χ4v) is 3.74. The minimum absolute atomic E-state index is 0.0131. The summed E-state index contributed by atoms with van der Waals surface area (Å²) in [7, 11) is -3.91. The summed E-state index contributed by atoms with van der Waals surface area (Å²) in [6, 6.07) is 5.08. The molecule has 1 fully saturated rings. The Morgan fingerprint density at radius 1 is 1.43 bits per heavy atom. The number of aryl methyl sites for hydroxylation is 2. The Morgan fingerprint density at radius 3 is 2.83 bits per heavy atom. The molecule has 0 saturated carbocycles. The van der Waals surface area contributed by atoms with Crippen molar-refractivity contribution < 1.29 is 22.7 Å². The molecule has 0 unspecified atom stereocenters. The molecular formula is C16H23NO5S. The molecule has 6 nitrogen and oxygen atoms in total. The topological polar surface area (TPSA) is 81.7 Å². The van der Waals surface area contributed by atoms with Crippen molar-refractivity contribution >= 4 is 15.9 Å². The van der Waals surface area contributed by atoms with Crippen molar-refractivity contribution in [2.75, 3.05) is 13.2 Å². The Labute approximate surface area is 137 Å². The van der Waals surface area contributed by atoms with Crippen LogP contribution in [0.1, 0.15) is 30.9 Å². The van der Waals surface area contributed by atoms with Gasteiger partial charge in [-0.05, 0) is 50.8 Å². The first-order valence-electron chi connectivity index (χ1n) is 7.67. The van der Waals surface area contributed by atoms with E-state index in [1.165, 1.54) is 6.92 Å². The second kappa shape index (κ2) is 7.42. The minimum atomic E-state index is -3.91. The molecule has 2 rings (SSSR count). The van der Waals surface area contributed by atoms with Crippen molar-refractivity contribution in [1.29, 1.82) is 0 Å². The summed E-state index contributed by atoms with van der Waals surface area (Å²) in [4.78, 5) is 12.2. The highest BCUT2D eigenvalue weighted by Gasteiger charge is 2.25. The summed E-state index contributed by atoms with van der Waals surface area (Å²) in [5.41, 5.74) is 1.40. The Morgan fingerprint density at radius 2 is 2.17 bits per heavy atom. The number of rotatable bonds is 6. The van der Waals surface area contributed by atoms with Gasteiger partial charge in [0, 0.05) is 6.61 Å². The second-order valence-corrected chi connectivity index (χ2v) is 7.50. The summed E-state index contributed by atoms with van der Waals surface area (Å²) >= 11 is 0. The Kier molecular flexibility index (Phi) is 5.78. The van der Waals surface area contributed by atoms with Gasteiger partial charge >= 0.3 is 0 Å². The minimum Gasteiger partial charge on any atom is -0.376 e. The molecule has 0 aliphatic carbocycles. The molecule has 23 heavy (non-hydrogen) atoms. The summed E-state index contributed by atoms with van der Waals surface area (Å²) in [6.45, 7) is 6.01. The van der Waals surface area contributed by atoms with Gasteiger partial charge in [-0.1, -0.05) is 12.1 Å². The van der Waals surface area contributed by atoms with Gasteiger partial charge in [-0.25, -0.2) is 13.1 Å². The maximum Gasteiger partial charge on any atom is 0.264 e. The zero-order valence-electron chi connectivity index (χ0n) is 13.7. The van der Waals surface area contributed by atoms with Crippen LogP contribution in [0, 0.1) is 13.8 Å². The Balaban J connectivity index is 1.98. The van der Waals surface area contributed by atoms with Crippen molar-refractivity contribution in [1.82, 2.24) is 4.72 Å². The number of carbonyl (C=O) groups is 1. The highest BCUT2D eigenvalue weighted by molar-refractivity contribution is 7.90. The van der Waals surface area contributed by atoms with E-state index in [2.05, 4.69) is 4.72 Å². The molecule has 1 saturated heterocycles. The number of ether oxygens (including phenoxy) is 2.